The fraction of sp³-hybridized carbons (Fsp3) is 0.611. The molecule has 0 aliphatic heterocycles. The third-order valence-electron chi connectivity index (χ3n) is 4.57. The Morgan fingerprint density at radius 2 is 2.21 bits per heavy atom. The topological polar surface area (TPSA) is 67.8 Å². The van der Waals surface area contributed by atoms with Crippen LogP contribution in [0.3, 0.4) is 0 Å². The first-order valence-corrected chi connectivity index (χ1v) is 8.79. The van der Waals surface area contributed by atoms with Gasteiger partial charge >= 0.3 is 5.97 Å². The first kappa shape index (κ1) is 18.9. The number of carbonyl (C=O) groups excluding carboxylic acids is 1. The lowest BCUT2D eigenvalue weighted by atomic mass is 9.85. The van der Waals surface area contributed by atoms with Gasteiger partial charge in [0.25, 0.3) is 0 Å². The monoisotopic (exact) mass is 355 g/mol. The molecule has 0 saturated heterocycles. The summed E-state index contributed by atoms with van der Waals surface area (Å²) >= 11 is 6.17. The van der Waals surface area contributed by atoms with Gasteiger partial charge in [-0.05, 0) is 58.2 Å². The van der Waals surface area contributed by atoms with Gasteiger partial charge in [0.05, 0.1) is 23.8 Å². The summed E-state index contributed by atoms with van der Waals surface area (Å²) in [6.07, 6.45) is 4.71. The van der Waals surface area contributed by atoms with Crippen LogP contribution in [0.1, 0.15) is 48.5 Å². The van der Waals surface area contributed by atoms with E-state index in [0.29, 0.717) is 5.56 Å². The van der Waals surface area contributed by atoms with Gasteiger partial charge in [-0.3, -0.25) is 0 Å². The first-order valence-electron chi connectivity index (χ1n) is 8.41. The normalized spacial score (nSPS) is 15.7. The van der Waals surface area contributed by atoms with E-state index in [0.717, 1.165) is 25.4 Å². The number of benzene rings is 1. The average Bonchev–Trinajstić information content (AvgIpc) is 2.52. The number of esters is 1. The maximum Gasteiger partial charge on any atom is 0.338 e. The quantitative estimate of drug-likeness (QED) is 0.550. The minimum atomic E-state index is -0.538. The van der Waals surface area contributed by atoms with E-state index in [9.17, 15) is 9.90 Å². The predicted octanol–water partition coefficient (Wildman–Crippen LogP) is 3.69. The summed E-state index contributed by atoms with van der Waals surface area (Å²) in [5.74, 6) is 0.392. The van der Waals surface area contributed by atoms with Crippen molar-refractivity contribution >= 4 is 17.6 Å². The molecule has 1 aromatic rings. The molecule has 5 nitrogen and oxygen atoms in total. The van der Waals surface area contributed by atoms with Crippen molar-refractivity contribution in [2.24, 2.45) is 5.92 Å². The van der Waals surface area contributed by atoms with E-state index >= 15 is 0 Å². The summed E-state index contributed by atoms with van der Waals surface area (Å²) in [4.78, 5) is 11.7. The Hall–Kier alpha value is -1.46. The number of methoxy groups -OCH3 is 1. The molecule has 1 aliphatic carbocycles. The Bertz CT molecular complexity index is 587. The summed E-state index contributed by atoms with van der Waals surface area (Å²) in [5, 5.41) is 13.9. The molecular formula is C18H26ClNO4. The first-order chi connectivity index (χ1) is 11.4. The number of rotatable bonds is 8. The van der Waals surface area contributed by atoms with E-state index in [4.69, 9.17) is 16.3 Å². The number of ether oxygens (including phenoxy) is 2. The van der Waals surface area contributed by atoms with E-state index < -0.39 is 5.97 Å². The van der Waals surface area contributed by atoms with Crippen LogP contribution in [0.4, 0.5) is 0 Å². The highest BCUT2D eigenvalue weighted by Gasteiger charge is 2.21. The zero-order valence-corrected chi connectivity index (χ0v) is 15.3. The fourth-order valence-electron chi connectivity index (χ4n) is 2.71. The molecule has 0 bridgehead atoms. The van der Waals surface area contributed by atoms with Crippen LogP contribution in [0, 0.1) is 12.8 Å². The Balaban J connectivity index is 1.93. The van der Waals surface area contributed by atoms with E-state index in [1.807, 2.05) is 6.92 Å². The van der Waals surface area contributed by atoms with Gasteiger partial charge in [-0.15, -0.1) is 0 Å². The summed E-state index contributed by atoms with van der Waals surface area (Å²) in [5.41, 5.74) is 0.638. The number of phenolic OH excluding ortho intramolecular Hbond substituents is 1. The molecule has 134 valence electrons. The molecule has 1 aliphatic rings. The second kappa shape index (κ2) is 8.58. The van der Waals surface area contributed by atoms with Crippen LogP contribution in [0.25, 0.3) is 0 Å². The number of phenols is 1. The minimum absolute atomic E-state index is 0.106. The van der Waals surface area contributed by atoms with Crippen molar-refractivity contribution in [1.82, 2.24) is 5.32 Å². The highest BCUT2D eigenvalue weighted by Crippen LogP contribution is 2.40. The van der Waals surface area contributed by atoms with Gasteiger partial charge in [0.2, 0.25) is 0 Å². The zero-order valence-electron chi connectivity index (χ0n) is 14.5. The number of halogens is 1. The molecule has 6 heteroatoms. The molecule has 1 atom stereocenters. The predicted molar refractivity (Wildman–Crippen MR) is 94.1 cm³/mol. The summed E-state index contributed by atoms with van der Waals surface area (Å²) < 4.78 is 10.5. The molecule has 2 N–H and O–H groups in total. The van der Waals surface area contributed by atoms with E-state index in [2.05, 4.69) is 10.1 Å². The van der Waals surface area contributed by atoms with Crippen LogP contribution in [0.15, 0.2) is 6.07 Å². The lowest BCUT2D eigenvalue weighted by Gasteiger charge is -2.26. The van der Waals surface area contributed by atoms with Crippen LogP contribution in [-0.2, 0) is 4.74 Å². The Kier molecular flexibility index (Phi) is 6.75. The van der Waals surface area contributed by atoms with Crippen molar-refractivity contribution in [3.8, 4) is 11.5 Å². The maximum atomic E-state index is 11.7. The molecular weight excluding hydrogens is 330 g/mol. The summed E-state index contributed by atoms with van der Waals surface area (Å²) in [7, 11) is 1.29. The van der Waals surface area contributed by atoms with Gasteiger partial charge in [0, 0.05) is 5.56 Å². The van der Waals surface area contributed by atoms with Gasteiger partial charge < -0.3 is 19.9 Å². The number of hydrogen-bond donors (Lipinski definition) is 2. The largest absolute Gasteiger partial charge is 0.504 e. The van der Waals surface area contributed by atoms with Crippen LogP contribution in [0.5, 0.6) is 11.5 Å². The molecule has 1 aromatic carbocycles. The summed E-state index contributed by atoms with van der Waals surface area (Å²) in [6, 6.07) is 1.47. The Morgan fingerprint density at radius 3 is 2.79 bits per heavy atom. The van der Waals surface area contributed by atoms with Gasteiger partial charge in [-0.2, -0.15) is 0 Å². The molecule has 24 heavy (non-hydrogen) atoms. The second-order valence-electron chi connectivity index (χ2n) is 6.42. The average molecular weight is 356 g/mol. The third-order valence-corrected chi connectivity index (χ3v) is 4.85. The second-order valence-corrected chi connectivity index (χ2v) is 6.83. The van der Waals surface area contributed by atoms with Crippen molar-refractivity contribution in [1.29, 1.82) is 0 Å². The number of nitrogens with one attached hydrogen (secondary N) is 1. The van der Waals surface area contributed by atoms with Crippen molar-refractivity contribution < 1.29 is 19.4 Å². The molecule has 0 spiro atoms. The molecule has 1 fully saturated rings. The fourth-order valence-corrected chi connectivity index (χ4v) is 2.96. The molecule has 1 unspecified atom stereocenters. The standard InChI is InChI=1S/C18H26ClNO4/c1-11(7-8-20-10-13-5-4-6-13)24-17-15(19)9-14(18(22)23-3)12(2)16(17)21/h9,11,13,20-21H,4-8,10H2,1-3H3. The lowest BCUT2D eigenvalue weighted by Crippen LogP contribution is -2.30. The Labute approximate surface area is 148 Å². The minimum Gasteiger partial charge on any atom is -0.504 e. The van der Waals surface area contributed by atoms with E-state index in [1.165, 1.54) is 32.4 Å². The highest BCUT2D eigenvalue weighted by molar-refractivity contribution is 6.32. The van der Waals surface area contributed by atoms with Crippen LogP contribution >= 0.6 is 11.6 Å². The number of hydrogen-bond acceptors (Lipinski definition) is 5. The van der Waals surface area contributed by atoms with Gasteiger partial charge in [0.1, 0.15) is 0 Å². The molecule has 0 heterocycles. The van der Waals surface area contributed by atoms with Gasteiger partial charge in [-0.1, -0.05) is 18.0 Å². The molecule has 0 radical (unpaired) electrons. The van der Waals surface area contributed by atoms with Gasteiger partial charge in [-0.25, -0.2) is 4.79 Å². The van der Waals surface area contributed by atoms with Crippen LogP contribution in [-0.4, -0.2) is 37.4 Å². The smallest absolute Gasteiger partial charge is 0.338 e. The summed E-state index contributed by atoms with van der Waals surface area (Å²) in [6.45, 7) is 5.49. The van der Waals surface area contributed by atoms with Crippen molar-refractivity contribution in [3.05, 3.63) is 22.2 Å². The van der Waals surface area contributed by atoms with E-state index in [-0.39, 0.29) is 28.2 Å². The third kappa shape index (κ3) is 4.54. The van der Waals surface area contributed by atoms with Crippen molar-refractivity contribution in [2.45, 2.75) is 45.6 Å². The lowest BCUT2D eigenvalue weighted by molar-refractivity contribution is 0.0599. The Morgan fingerprint density at radius 1 is 1.50 bits per heavy atom. The van der Waals surface area contributed by atoms with Crippen LogP contribution in [0.2, 0.25) is 5.02 Å². The van der Waals surface area contributed by atoms with Crippen molar-refractivity contribution in [2.75, 3.05) is 20.2 Å². The SMILES string of the molecule is COC(=O)c1cc(Cl)c(OC(C)CCNCC2CCC2)c(O)c1C. The molecule has 0 aromatic heterocycles. The number of aromatic hydroxyl groups is 1. The zero-order chi connectivity index (χ0) is 17.7. The van der Waals surface area contributed by atoms with Crippen LogP contribution < -0.4 is 10.1 Å². The molecule has 0 amide bonds. The van der Waals surface area contributed by atoms with Crippen molar-refractivity contribution in [3.63, 3.8) is 0 Å². The number of carbonyl (C=O) groups is 1. The molecule has 1 saturated carbocycles. The highest BCUT2D eigenvalue weighted by atomic mass is 35.5. The maximum absolute atomic E-state index is 11.7. The van der Waals surface area contributed by atoms with Gasteiger partial charge in [0.15, 0.2) is 11.5 Å². The molecule has 2 rings (SSSR count). The van der Waals surface area contributed by atoms with E-state index in [1.54, 1.807) is 6.92 Å².